The largest absolute Gasteiger partial charge is 0.383 e. The van der Waals surface area contributed by atoms with Crippen molar-refractivity contribution in [3.05, 3.63) is 0 Å². The monoisotopic (exact) mass is 271 g/mol. The zero-order valence-corrected chi connectivity index (χ0v) is 11.7. The maximum Gasteiger partial charge on any atom is 0.270 e. The first-order chi connectivity index (χ1) is 9.10. The zero-order chi connectivity index (χ0) is 14.3. The first-order valence-electron chi connectivity index (χ1n) is 6.21. The van der Waals surface area contributed by atoms with Crippen molar-refractivity contribution in [2.75, 3.05) is 47.6 Å². The van der Waals surface area contributed by atoms with E-state index in [1.807, 2.05) is 0 Å². The molecule has 1 rings (SSSR count). The van der Waals surface area contributed by atoms with Crippen LogP contribution in [0.1, 0.15) is 12.8 Å². The summed E-state index contributed by atoms with van der Waals surface area (Å²) in [6.45, 7) is 1.87. The number of carbonyl (C=O) groups is 2. The summed E-state index contributed by atoms with van der Waals surface area (Å²) < 4.78 is 9.98. The van der Waals surface area contributed by atoms with Crippen LogP contribution in [0.4, 0.5) is 0 Å². The SMILES string of the molecule is COCCN(CCOC)C(=O)C1=NN(C)C(=O)CC1. The Kier molecular flexibility index (Phi) is 6.44. The molecule has 0 aliphatic carbocycles. The van der Waals surface area contributed by atoms with E-state index in [0.717, 1.165) is 0 Å². The molecule has 7 heteroatoms. The fourth-order valence-corrected chi connectivity index (χ4v) is 1.72. The average Bonchev–Trinajstić information content (AvgIpc) is 2.41. The van der Waals surface area contributed by atoms with E-state index in [0.29, 0.717) is 44.9 Å². The summed E-state index contributed by atoms with van der Waals surface area (Å²) in [6.07, 6.45) is 0.710. The maximum atomic E-state index is 12.3. The number of nitrogens with zero attached hydrogens (tertiary/aromatic N) is 3. The number of ether oxygens (including phenoxy) is 2. The number of amides is 2. The van der Waals surface area contributed by atoms with Crippen molar-refractivity contribution in [3.8, 4) is 0 Å². The third-order valence-electron chi connectivity index (χ3n) is 2.87. The number of hydrogen-bond donors (Lipinski definition) is 0. The quantitative estimate of drug-likeness (QED) is 0.638. The van der Waals surface area contributed by atoms with E-state index in [2.05, 4.69) is 5.10 Å². The predicted molar refractivity (Wildman–Crippen MR) is 69.8 cm³/mol. The van der Waals surface area contributed by atoms with Gasteiger partial charge in [0.05, 0.1) is 13.2 Å². The second-order valence-corrected chi connectivity index (χ2v) is 4.24. The summed E-state index contributed by atoms with van der Waals surface area (Å²) in [5, 5.41) is 5.25. The molecule has 1 aliphatic heterocycles. The minimum atomic E-state index is -0.159. The van der Waals surface area contributed by atoms with Crippen LogP contribution >= 0.6 is 0 Å². The van der Waals surface area contributed by atoms with Gasteiger partial charge in [-0.05, 0) is 0 Å². The summed E-state index contributed by atoms with van der Waals surface area (Å²) in [5.41, 5.74) is 0.411. The van der Waals surface area contributed by atoms with Gasteiger partial charge in [0.1, 0.15) is 5.71 Å². The lowest BCUT2D eigenvalue weighted by Gasteiger charge is -2.25. The minimum Gasteiger partial charge on any atom is -0.383 e. The van der Waals surface area contributed by atoms with Gasteiger partial charge in [0.15, 0.2) is 0 Å². The molecule has 0 aromatic rings. The van der Waals surface area contributed by atoms with Crippen molar-refractivity contribution in [3.63, 3.8) is 0 Å². The predicted octanol–water partition coefficient (Wildman–Crippen LogP) is -0.284. The van der Waals surface area contributed by atoms with E-state index in [-0.39, 0.29) is 11.8 Å². The van der Waals surface area contributed by atoms with Gasteiger partial charge in [0, 0.05) is 47.2 Å². The first-order valence-corrected chi connectivity index (χ1v) is 6.21. The van der Waals surface area contributed by atoms with Gasteiger partial charge in [-0.15, -0.1) is 0 Å². The van der Waals surface area contributed by atoms with Crippen LogP contribution in [0.5, 0.6) is 0 Å². The number of rotatable bonds is 7. The summed E-state index contributed by atoms with van der Waals surface area (Å²) in [7, 11) is 4.73. The Morgan fingerprint density at radius 2 is 1.84 bits per heavy atom. The van der Waals surface area contributed by atoms with E-state index in [4.69, 9.17) is 9.47 Å². The lowest BCUT2D eigenvalue weighted by atomic mass is 10.1. The molecule has 0 N–H and O–H groups in total. The molecule has 2 amide bonds. The molecule has 1 aliphatic rings. The highest BCUT2D eigenvalue weighted by molar-refractivity contribution is 6.39. The third-order valence-corrected chi connectivity index (χ3v) is 2.87. The van der Waals surface area contributed by atoms with Crippen molar-refractivity contribution < 1.29 is 19.1 Å². The first kappa shape index (κ1) is 15.6. The normalized spacial score (nSPS) is 15.4. The zero-order valence-electron chi connectivity index (χ0n) is 11.7. The molecule has 0 unspecified atom stereocenters. The van der Waals surface area contributed by atoms with Gasteiger partial charge >= 0.3 is 0 Å². The van der Waals surface area contributed by atoms with Gasteiger partial charge in [-0.2, -0.15) is 5.10 Å². The van der Waals surface area contributed by atoms with E-state index in [9.17, 15) is 9.59 Å². The number of methoxy groups -OCH3 is 2. The van der Waals surface area contributed by atoms with Gasteiger partial charge in [0.25, 0.3) is 5.91 Å². The topological polar surface area (TPSA) is 71.4 Å². The van der Waals surface area contributed by atoms with Crippen molar-refractivity contribution in [1.29, 1.82) is 0 Å². The molecule has 0 aromatic heterocycles. The van der Waals surface area contributed by atoms with Crippen LogP contribution in [0.25, 0.3) is 0 Å². The maximum absolute atomic E-state index is 12.3. The van der Waals surface area contributed by atoms with Crippen LogP contribution in [0.3, 0.4) is 0 Å². The van der Waals surface area contributed by atoms with Gasteiger partial charge in [-0.1, -0.05) is 0 Å². The second kappa shape index (κ2) is 7.85. The molecular weight excluding hydrogens is 250 g/mol. The van der Waals surface area contributed by atoms with E-state index < -0.39 is 0 Å². The Balaban J connectivity index is 2.69. The van der Waals surface area contributed by atoms with Gasteiger partial charge in [-0.3, -0.25) is 9.59 Å². The van der Waals surface area contributed by atoms with Crippen LogP contribution in [-0.2, 0) is 19.1 Å². The molecule has 108 valence electrons. The molecule has 19 heavy (non-hydrogen) atoms. The summed E-state index contributed by atoms with van der Waals surface area (Å²) in [6, 6.07) is 0. The highest BCUT2D eigenvalue weighted by Crippen LogP contribution is 2.09. The van der Waals surface area contributed by atoms with E-state index in [1.54, 1.807) is 26.2 Å². The Hall–Kier alpha value is -1.47. The molecule has 0 fully saturated rings. The second-order valence-electron chi connectivity index (χ2n) is 4.24. The highest BCUT2D eigenvalue weighted by atomic mass is 16.5. The van der Waals surface area contributed by atoms with Crippen molar-refractivity contribution in [1.82, 2.24) is 9.91 Å². The molecule has 1 heterocycles. The van der Waals surface area contributed by atoms with Crippen molar-refractivity contribution >= 4 is 17.5 Å². The minimum absolute atomic E-state index is 0.0723. The molecular formula is C12H21N3O4. The van der Waals surface area contributed by atoms with Crippen molar-refractivity contribution in [2.45, 2.75) is 12.8 Å². The van der Waals surface area contributed by atoms with Gasteiger partial charge < -0.3 is 14.4 Å². The number of hydrazone groups is 1. The molecule has 0 atom stereocenters. The van der Waals surface area contributed by atoms with Crippen LogP contribution in [0, 0.1) is 0 Å². The molecule has 0 aromatic carbocycles. The Morgan fingerprint density at radius 1 is 1.26 bits per heavy atom. The lowest BCUT2D eigenvalue weighted by Crippen LogP contribution is -2.43. The summed E-state index contributed by atoms with van der Waals surface area (Å²) in [4.78, 5) is 25.3. The smallest absolute Gasteiger partial charge is 0.270 e. The Labute approximate surface area is 113 Å². The molecule has 0 saturated carbocycles. The lowest BCUT2D eigenvalue weighted by molar-refractivity contribution is -0.131. The Morgan fingerprint density at radius 3 is 2.32 bits per heavy atom. The molecule has 0 spiro atoms. The standard InChI is InChI=1S/C12H21N3O4/c1-14-11(16)5-4-10(13-14)12(17)15(6-8-18-2)7-9-19-3/h4-9H2,1-3H3. The third kappa shape index (κ3) is 4.60. The number of hydrogen-bond acceptors (Lipinski definition) is 5. The molecule has 0 saturated heterocycles. The summed E-state index contributed by atoms with van der Waals surface area (Å²) in [5.74, 6) is -0.231. The van der Waals surface area contributed by atoms with Crippen LogP contribution in [0.15, 0.2) is 5.10 Å². The highest BCUT2D eigenvalue weighted by Gasteiger charge is 2.25. The van der Waals surface area contributed by atoms with Crippen LogP contribution < -0.4 is 0 Å². The van der Waals surface area contributed by atoms with E-state index >= 15 is 0 Å². The van der Waals surface area contributed by atoms with Crippen LogP contribution in [0.2, 0.25) is 0 Å². The molecule has 7 nitrogen and oxygen atoms in total. The molecule has 0 bridgehead atoms. The Bertz CT molecular complexity index is 349. The average molecular weight is 271 g/mol. The van der Waals surface area contributed by atoms with Crippen molar-refractivity contribution in [2.24, 2.45) is 5.10 Å². The molecule has 0 radical (unpaired) electrons. The van der Waals surface area contributed by atoms with Gasteiger partial charge in [-0.25, -0.2) is 5.01 Å². The van der Waals surface area contributed by atoms with Crippen LogP contribution in [-0.4, -0.2) is 75.0 Å². The summed E-state index contributed by atoms with van der Waals surface area (Å²) >= 11 is 0. The van der Waals surface area contributed by atoms with E-state index in [1.165, 1.54) is 5.01 Å². The fourth-order valence-electron chi connectivity index (χ4n) is 1.72. The fraction of sp³-hybridized carbons (Fsp3) is 0.750. The number of carbonyl (C=O) groups excluding carboxylic acids is 2. The van der Waals surface area contributed by atoms with Gasteiger partial charge in [0.2, 0.25) is 5.91 Å².